The van der Waals surface area contributed by atoms with Gasteiger partial charge in [0.15, 0.2) is 5.78 Å². The van der Waals surface area contributed by atoms with Crippen LogP contribution < -0.4 is 0 Å². The van der Waals surface area contributed by atoms with E-state index in [1.165, 1.54) is 37.7 Å². The van der Waals surface area contributed by atoms with Gasteiger partial charge in [-0.3, -0.25) is 4.79 Å². The highest BCUT2D eigenvalue weighted by molar-refractivity contribution is 6.01. The van der Waals surface area contributed by atoms with Gasteiger partial charge in [-0.15, -0.1) is 0 Å². The summed E-state index contributed by atoms with van der Waals surface area (Å²) in [5, 5.41) is 0. The molecule has 0 unspecified atom stereocenters. The van der Waals surface area contributed by atoms with Crippen molar-refractivity contribution < 1.29 is 4.79 Å². The Balaban J connectivity index is 2.03. The first-order valence-corrected chi connectivity index (χ1v) is 6.42. The molecule has 0 radical (unpaired) electrons. The molecule has 0 aromatic heterocycles. The first-order chi connectivity index (χ1) is 7.82. The Hall–Kier alpha value is -1.11. The Morgan fingerprint density at radius 3 is 2.69 bits per heavy atom. The molecule has 1 spiro atoms. The van der Waals surface area contributed by atoms with E-state index in [1.54, 1.807) is 0 Å². The summed E-state index contributed by atoms with van der Waals surface area (Å²) in [7, 11) is 0. The smallest absolute Gasteiger partial charge is 0.160 e. The second-order valence-electron chi connectivity index (χ2n) is 5.32. The third-order valence-electron chi connectivity index (χ3n) is 4.37. The molecule has 1 nitrogen and oxygen atoms in total. The highest BCUT2D eigenvalue weighted by Crippen LogP contribution is 2.52. The molecular weight excluding hydrogens is 196 g/mol. The fourth-order valence-corrected chi connectivity index (χ4v) is 3.57. The number of carbonyl (C=O) groups excluding carboxylic acids is 1. The van der Waals surface area contributed by atoms with Crippen LogP contribution in [0.2, 0.25) is 0 Å². The van der Waals surface area contributed by atoms with Gasteiger partial charge in [0.05, 0.1) is 0 Å². The first kappa shape index (κ1) is 10.1. The molecule has 1 heteroatoms. The maximum absolute atomic E-state index is 12.1. The van der Waals surface area contributed by atoms with Crippen molar-refractivity contribution in [2.75, 3.05) is 0 Å². The van der Waals surface area contributed by atoms with E-state index in [9.17, 15) is 4.79 Å². The van der Waals surface area contributed by atoms with Gasteiger partial charge < -0.3 is 0 Å². The average molecular weight is 214 g/mol. The topological polar surface area (TPSA) is 17.1 Å². The normalized spacial score (nSPS) is 27.4. The van der Waals surface area contributed by atoms with E-state index in [1.807, 2.05) is 0 Å². The summed E-state index contributed by atoms with van der Waals surface area (Å²) in [4.78, 5) is 12.1. The van der Waals surface area contributed by atoms with Gasteiger partial charge in [-0.2, -0.15) is 0 Å². The maximum atomic E-state index is 12.1. The number of allylic oxidation sites excluding steroid dienone is 6. The first-order valence-electron chi connectivity index (χ1n) is 6.42. The predicted molar refractivity (Wildman–Crippen MR) is 65.1 cm³/mol. The maximum Gasteiger partial charge on any atom is 0.160 e. The minimum Gasteiger partial charge on any atom is -0.294 e. The third-order valence-corrected chi connectivity index (χ3v) is 4.37. The molecule has 0 amide bonds. The predicted octanol–water partition coefficient (Wildman–Crippen LogP) is 3.72. The molecule has 84 valence electrons. The SMILES string of the molecule is O=C1CC2(CCCCC2)C2=C1CC=CC=C2. The van der Waals surface area contributed by atoms with Crippen LogP contribution in [-0.2, 0) is 4.79 Å². The molecule has 0 N–H and O–H groups in total. The van der Waals surface area contributed by atoms with Gasteiger partial charge in [0, 0.05) is 17.4 Å². The molecule has 0 heterocycles. The number of ketones is 1. The lowest BCUT2D eigenvalue weighted by molar-refractivity contribution is -0.116. The second kappa shape index (κ2) is 3.73. The fourth-order valence-electron chi connectivity index (χ4n) is 3.57. The Morgan fingerprint density at radius 1 is 1.06 bits per heavy atom. The van der Waals surface area contributed by atoms with Gasteiger partial charge in [-0.05, 0) is 24.8 Å². The molecule has 3 aliphatic rings. The van der Waals surface area contributed by atoms with Crippen molar-refractivity contribution in [3.05, 3.63) is 35.5 Å². The van der Waals surface area contributed by atoms with E-state index in [2.05, 4.69) is 24.3 Å². The Kier molecular flexibility index (Phi) is 2.34. The number of rotatable bonds is 0. The summed E-state index contributed by atoms with van der Waals surface area (Å²) in [5.41, 5.74) is 2.71. The van der Waals surface area contributed by atoms with E-state index in [-0.39, 0.29) is 5.41 Å². The molecule has 16 heavy (non-hydrogen) atoms. The monoisotopic (exact) mass is 214 g/mol. The zero-order chi connectivity index (χ0) is 11.0. The van der Waals surface area contributed by atoms with E-state index in [0.29, 0.717) is 5.78 Å². The molecule has 0 atom stereocenters. The number of carbonyl (C=O) groups is 1. The zero-order valence-corrected chi connectivity index (χ0v) is 9.67. The van der Waals surface area contributed by atoms with E-state index >= 15 is 0 Å². The molecule has 0 aromatic rings. The number of hydrogen-bond acceptors (Lipinski definition) is 1. The average Bonchev–Trinajstić information content (AvgIpc) is 2.50. The van der Waals surface area contributed by atoms with Gasteiger partial charge in [0.2, 0.25) is 0 Å². The molecule has 0 bridgehead atoms. The van der Waals surface area contributed by atoms with E-state index in [0.717, 1.165) is 18.4 Å². The highest BCUT2D eigenvalue weighted by atomic mass is 16.1. The third kappa shape index (κ3) is 1.41. The van der Waals surface area contributed by atoms with Crippen LogP contribution >= 0.6 is 0 Å². The second-order valence-corrected chi connectivity index (χ2v) is 5.32. The van der Waals surface area contributed by atoms with Crippen LogP contribution in [0.5, 0.6) is 0 Å². The van der Waals surface area contributed by atoms with Crippen LogP contribution in [0.15, 0.2) is 35.5 Å². The van der Waals surface area contributed by atoms with Crippen molar-refractivity contribution in [3.63, 3.8) is 0 Å². The highest BCUT2D eigenvalue weighted by Gasteiger charge is 2.44. The minimum absolute atomic E-state index is 0.229. The molecule has 0 saturated heterocycles. The van der Waals surface area contributed by atoms with Crippen molar-refractivity contribution >= 4 is 5.78 Å². The quantitative estimate of drug-likeness (QED) is 0.600. The van der Waals surface area contributed by atoms with Gasteiger partial charge in [-0.25, -0.2) is 0 Å². The van der Waals surface area contributed by atoms with Crippen LogP contribution in [0.3, 0.4) is 0 Å². The fraction of sp³-hybridized carbons (Fsp3) is 0.533. The molecule has 0 aromatic carbocycles. The van der Waals surface area contributed by atoms with Crippen LogP contribution in [0.4, 0.5) is 0 Å². The van der Waals surface area contributed by atoms with Crippen molar-refractivity contribution in [2.24, 2.45) is 5.41 Å². The van der Waals surface area contributed by atoms with Crippen LogP contribution in [-0.4, -0.2) is 5.78 Å². The van der Waals surface area contributed by atoms with Crippen LogP contribution in [0, 0.1) is 5.41 Å². The minimum atomic E-state index is 0.229. The molecular formula is C15H18O. The Bertz CT molecular complexity index is 403. The summed E-state index contributed by atoms with van der Waals surface area (Å²) in [5.74, 6) is 0.410. The summed E-state index contributed by atoms with van der Waals surface area (Å²) in [6, 6.07) is 0. The molecule has 1 fully saturated rings. The van der Waals surface area contributed by atoms with Gasteiger partial charge >= 0.3 is 0 Å². The van der Waals surface area contributed by atoms with Gasteiger partial charge in [0.1, 0.15) is 0 Å². The Labute approximate surface area is 96.9 Å². The largest absolute Gasteiger partial charge is 0.294 e. The molecule has 1 saturated carbocycles. The van der Waals surface area contributed by atoms with Crippen molar-refractivity contribution in [3.8, 4) is 0 Å². The molecule has 3 rings (SSSR count). The van der Waals surface area contributed by atoms with Crippen LogP contribution in [0.25, 0.3) is 0 Å². The lowest BCUT2D eigenvalue weighted by Gasteiger charge is -2.34. The number of hydrogen-bond donors (Lipinski definition) is 0. The number of fused-ring (bicyclic) bond motifs is 1. The summed E-state index contributed by atoms with van der Waals surface area (Å²) < 4.78 is 0. The summed E-state index contributed by atoms with van der Waals surface area (Å²) in [6.45, 7) is 0. The molecule has 3 aliphatic carbocycles. The van der Waals surface area contributed by atoms with Crippen molar-refractivity contribution in [2.45, 2.75) is 44.9 Å². The Morgan fingerprint density at radius 2 is 1.88 bits per heavy atom. The zero-order valence-electron chi connectivity index (χ0n) is 9.67. The van der Waals surface area contributed by atoms with Gasteiger partial charge in [-0.1, -0.05) is 43.6 Å². The summed E-state index contributed by atoms with van der Waals surface area (Å²) >= 11 is 0. The van der Waals surface area contributed by atoms with E-state index in [4.69, 9.17) is 0 Å². The van der Waals surface area contributed by atoms with Crippen LogP contribution in [0.1, 0.15) is 44.9 Å². The number of Topliss-reactive ketones (excluding diaryl/α,β-unsaturated/α-hetero) is 1. The lowest BCUT2D eigenvalue weighted by atomic mass is 9.69. The van der Waals surface area contributed by atoms with Crippen molar-refractivity contribution in [1.82, 2.24) is 0 Å². The standard InChI is InChI=1S/C15H18O/c16-14-11-15(9-5-2-6-10-15)13-8-4-1-3-7-12(13)14/h1,3-4,8H,2,5-7,9-11H2. The van der Waals surface area contributed by atoms with E-state index < -0.39 is 0 Å². The molecule has 0 aliphatic heterocycles. The summed E-state index contributed by atoms with van der Waals surface area (Å²) in [6.07, 6.45) is 16.5. The lowest BCUT2D eigenvalue weighted by Crippen LogP contribution is -2.23. The van der Waals surface area contributed by atoms with Crippen molar-refractivity contribution in [1.29, 1.82) is 0 Å². The van der Waals surface area contributed by atoms with Gasteiger partial charge in [0.25, 0.3) is 0 Å².